The predicted octanol–water partition coefficient (Wildman–Crippen LogP) is 2.08. The minimum atomic E-state index is -0.265. The lowest BCUT2D eigenvalue weighted by Gasteiger charge is -2.13. The van der Waals surface area contributed by atoms with Gasteiger partial charge in [0.2, 0.25) is 0 Å². The third-order valence-corrected chi connectivity index (χ3v) is 3.09. The number of esters is 1. The zero-order valence-corrected chi connectivity index (χ0v) is 12.0. The molecule has 1 heterocycles. The molecule has 0 aromatic heterocycles. The van der Waals surface area contributed by atoms with Crippen molar-refractivity contribution in [2.24, 2.45) is 0 Å². The molecule has 5 nitrogen and oxygen atoms in total. The first kappa shape index (κ1) is 15.5. The van der Waals surface area contributed by atoms with E-state index in [0.717, 1.165) is 25.7 Å². The number of hydrogen-bond donors (Lipinski definition) is 1. The molecule has 0 radical (unpaired) electrons. The van der Waals surface area contributed by atoms with Crippen LogP contribution in [-0.2, 0) is 9.53 Å². The van der Waals surface area contributed by atoms with Crippen LogP contribution >= 0.6 is 0 Å². The van der Waals surface area contributed by atoms with Gasteiger partial charge in [-0.1, -0.05) is 25.8 Å². The highest BCUT2D eigenvalue weighted by molar-refractivity contribution is 5.76. The Morgan fingerprint density at radius 3 is 2.84 bits per heavy atom. The number of rotatable bonds is 7. The van der Waals surface area contributed by atoms with E-state index in [0.29, 0.717) is 6.54 Å². The number of amides is 2. The average Bonchev–Trinajstić information content (AvgIpc) is 2.65. The first-order valence-corrected chi connectivity index (χ1v) is 6.90. The molecular weight excluding hydrogens is 244 g/mol. The second kappa shape index (κ2) is 7.81. The summed E-state index contributed by atoms with van der Waals surface area (Å²) < 4.78 is 5.26. The van der Waals surface area contributed by atoms with Crippen LogP contribution in [0, 0.1) is 0 Å². The Balaban J connectivity index is 2.46. The molecule has 2 unspecified atom stereocenters. The summed E-state index contributed by atoms with van der Waals surface area (Å²) in [6, 6.07) is -0.0635. The molecule has 19 heavy (non-hydrogen) atoms. The highest BCUT2D eigenvalue weighted by Gasteiger charge is 2.23. The molecule has 1 aliphatic rings. The lowest BCUT2D eigenvalue weighted by molar-refractivity contribution is -0.144. The second-order valence-electron chi connectivity index (χ2n) is 4.97. The van der Waals surface area contributed by atoms with Crippen molar-refractivity contribution in [1.29, 1.82) is 0 Å². The van der Waals surface area contributed by atoms with Gasteiger partial charge in [-0.25, -0.2) is 4.79 Å². The number of ether oxygens (including phenoxy) is 1. The quantitative estimate of drug-likeness (QED) is 0.437. The molecule has 1 rings (SSSR count). The maximum atomic E-state index is 11.3. The summed E-state index contributed by atoms with van der Waals surface area (Å²) in [5.41, 5.74) is 0. The molecule has 0 aliphatic carbocycles. The van der Waals surface area contributed by atoms with Gasteiger partial charge in [-0.3, -0.25) is 4.79 Å². The second-order valence-corrected chi connectivity index (χ2v) is 4.97. The highest BCUT2D eigenvalue weighted by atomic mass is 16.5. The minimum absolute atomic E-state index is 0.00160. The van der Waals surface area contributed by atoms with Gasteiger partial charge < -0.3 is 15.0 Å². The molecule has 1 saturated heterocycles. The van der Waals surface area contributed by atoms with Crippen LogP contribution in [0.2, 0.25) is 0 Å². The van der Waals surface area contributed by atoms with E-state index in [4.69, 9.17) is 4.74 Å². The summed E-state index contributed by atoms with van der Waals surface area (Å²) >= 11 is 0. The van der Waals surface area contributed by atoms with Crippen LogP contribution in [0.3, 0.4) is 0 Å². The van der Waals surface area contributed by atoms with Crippen LogP contribution in [0.25, 0.3) is 0 Å². The minimum Gasteiger partial charge on any atom is -0.458 e. The van der Waals surface area contributed by atoms with Crippen molar-refractivity contribution in [3.8, 4) is 0 Å². The van der Waals surface area contributed by atoms with Gasteiger partial charge in [-0.15, -0.1) is 0 Å². The fourth-order valence-electron chi connectivity index (χ4n) is 2.06. The van der Waals surface area contributed by atoms with Gasteiger partial charge in [-0.05, 0) is 18.9 Å². The number of carbonyl (C=O) groups is 2. The first-order chi connectivity index (χ1) is 9.02. The van der Waals surface area contributed by atoms with Gasteiger partial charge >= 0.3 is 12.0 Å². The molecule has 0 bridgehead atoms. The molecule has 0 saturated carbocycles. The smallest absolute Gasteiger partial charge is 0.317 e. The van der Waals surface area contributed by atoms with E-state index in [-0.39, 0.29) is 24.1 Å². The van der Waals surface area contributed by atoms with Crippen molar-refractivity contribution in [2.75, 3.05) is 13.6 Å². The van der Waals surface area contributed by atoms with Crippen molar-refractivity contribution < 1.29 is 14.3 Å². The SMILES string of the molecule is CCCCCC(C=CC1CN(C)C(=O)N1)OC(C)=O. The van der Waals surface area contributed by atoms with E-state index in [1.54, 1.807) is 11.9 Å². The van der Waals surface area contributed by atoms with E-state index >= 15 is 0 Å². The van der Waals surface area contributed by atoms with Crippen LogP contribution in [0.15, 0.2) is 12.2 Å². The van der Waals surface area contributed by atoms with Crippen molar-refractivity contribution in [3.63, 3.8) is 0 Å². The number of hydrogen-bond acceptors (Lipinski definition) is 3. The fourth-order valence-corrected chi connectivity index (χ4v) is 2.06. The molecule has 0 spiro atoms. The summed E-state index contributed by atoms with van der Waals surface area (Å²) in [7, 11) is 1.76. The summed E-state index contributed by atoms with van der Waals surface area (Å²) in [5, 5.41) is 2.84. The maximum Gasteiger partial charge on any atom is 0.317 e. The summed E-state index contributed by atoms with van der Waals surface area (Å²) in [4.78, 5) is 24.0. The molecule has 0 aromatic rings. The number of nitrogens with one attached hydrogen (secondary N) is 1. The Morgan fingerprint density at radius 1 is 1.58 bits per heavy atom. The van der Waals surface area contributed by atoms with Crippen LogP contribution < -0.4 is 5.32 Å². The van der Waals surface area contributed by atoms with E-state index in [9.17, 15) is 9.59 Å². The first-order valence-electron chi connectivity index (χ1n) is 6.90. The number of unbranched alkanes of at least 4 members (excludes halogenated alkanes) is 2. The highest BCUT2D eigenvalue weighted by Crippen LogP contribution is 2.10. The third-order valence-electron chi connectivity index (χ3n) is 3.09. The van der Waals surface area contributed by atoms with Crippen LogP contribution in [0.5, 0.6) is 0 Å². The van der Waals surface area contributed by atoms with Crippen molar-refractivity contribution in [2.45, 2.75) is 51.7 Å². The Labute approximate surface area is 115 Å². The monoisotopic (exact) mass is 268 g/mol. The average molecular weight is 268 g/mol. The van der Waals surface area contributed by atoms with Crippen LogP contribution in [0.4, 0.5) is 4.79 Å². The molecule has 1 aliphatic heterocycles. The van der Waals surface area contributed by atoms with Crippen LogP contribution in [0.1, 0.15) is 39.5 Å². The molecule has 0 aromatic carbocycles. The lowest BCUT2D eigenvalue weighted by Crippen LogP contribution is -2.26. The Bertz CT molecular complexity index is 342. The maximum absolute atomic E-state index is 11.3. The normalized spacial score (nSPS) is 20.7. The number of likely N-dealkylation sites (N-methyl/N-ethyl adjacent to an activating group) is 1. The number of urea groups is 1. The Kier molecular flexibility index (Phi) is 6.39. The van der Waals surface area contributed by atoms with E-state index in [1.807, 2.05) is 12.2 Å². The molecule has 2 atom stereocenters. The van der Waals surface area contributed by atoms with Crippen molar-refractivity contribution in [1.82, 2.24) is 10.2 Å². The van der Waals surface area contributed by atoms with Gasteiger partial charge in [-0.2, -0.15) is 0 Å². The zero-order chi connectivity index (χ0) is 14.3. The van der Waals surface area contributed by atoms with Crippen molar-refractivity contribution >= 4 is 12.0 Å². The number of carbonyl (C=O) groups excluding carboxylic acids is 2. The molecule has 1 fully saturated rings. The molecule has 108 valence electrons. The van der Waals surface area contributed by atoms with Gasteiger partial charge in [0, 0.05) is 20.5 Å². The van der Waals surface area contributed by atoms with E-state index < -0.39 is 0 Å². The van der Waals surface area contributed by atoms with Crippen LogP contribution in [-0.4, -0.2) is 42.6 Å². The molecule has 2 amide bonds. The largest absolute Gasteiger partial charge is 0.458 e. The zero-order valence-electron chi connectivity index (χ0n) is 12.0. The molecular formula is C14H24N2O3. The van der Waals surface area contributed by atoms with Gasteiger partial charge in [0.15, 0.2) is 0 Å². The third kappa shape index (κ3) is 5.77. The van der Waals surface area contributed by atoms with Gasteiger partial charge in [0.25, 0.3) is 0 Å². The van der Waals surface area contributed by atoms with Gasteiger partial charge in [0.1, 0.15) is 6.10 Å². The van der Waals surface area contributed by atoms with Crippen molar-refractivity contribution in [3.05, 3.63) is 12.2 Å². The Hall–Kier alpha value is -1.52. The molecule has 5 heteroatoms. The topological polar surface area (TPSA) is 58.6 Å². The van der Waals surface area contributed by atoms with E-state index in [2.05, 4.69) is 12.2 Å². The summed E-state index contributed by atoms with van der Waals surface area (Å²) in [5.74, 6) is -0.265. The summed E-state index contributed by atoms with van der Waals surface area (Å²) in [6.45, 7) is 4.21. The summed E-state index contributed by atoms with van der Waals surface area (Å²) in [6.07, 6.45) is 7.76. The predicted molar refractivity (Wildman–Crippen MR) is 73.8 cm³/mol. The van der Waals surface area contributed by atoms with Gasteiger partial charge in [0.05, 0.1) is 6.04 Å². The lowest BCUT2D eigenvalue weighted by atomic mass is 10.1. The molecule has 1 N–H and O–H groups in total. The fraction of sp³-hybridized carbons (Fsp3) is 0.714. The standard InChI is InChI=1S/C14H24N2O3/c1-4-5-6-7-13(19-11(2)17)9-8-12-10-16(3)14(18)15-12/h8-9,12-13H,4-7,10H2,1-3H3,(H,15,18). The van der Waals surface area contributed by atoms with E-state index in [1.165, 1.54) is 6.92 Å². The number of nitrogens with zero attached hydrogens (tertiary/aromatic N) is 1. The Morgan fingerprint density at radius 2 is 2.32 bits per heavy atom.